The van der Waals surface area contributed by atoms with Crippen molar-refractivity contribution in [1.82, 2.24) is 10.2 Å². The van der Waals surface area contributed by atoms with Crippen LogP contribution in [0.5, 0.6) is 5.75 Å². The van der Waals surface area contributed by atoms with Crippen LogP contribution < -0.4 is 10.1 Å². The molecule has 1 aromatic carbocycles. The van der Waals surface area contributed by atoms with Crippen LogP contribution in [0.4, 0.5) is 0 Å². The Morgan fingerprint density at radius 2 is 1.88 bits per heavy atom. The van der Waals surface area contributed by atoms with Gasteiger partial charge in [-0.15, -0.1) is 11.8 Å². The SMILES string of the molecule is CCCCOc1ccc([C@H](CCC(=O)N[C@@H]2C(=O)N3[C@@H]2SC(C)(C)[C@@H]3C(=O)O)C(=O)O)cc1. The number of aliphatic carboxylic acids is 2. The van der Waals surface area contributed by atoms with E-state index in [0.29, 0.717) is 17.9 Å². The fourth-order valence-electron chi connectivity index (χ4n) is 4.23. The molecule has 180 valence electrons. The van der Waals surface area contributed by atoms with Gasteiger partial charge in [0.05, 0.1) is 12.5 Å². The highest BCUT2D eigenvalue weighted by Crippen LogP contribution is 2.50. The van der Waals surface area contributed by atoms with E-state index in [4.69, 9.17) is 4.74 Å². The van der Waals surface area contributed by atoms with Crippen LogP contribution >= 0.6 is 11.8 Å². The minimum atomic E-state index is -1.07. The third-order valence-electron chi connectivity index (χ3n) is 6.00. The van der Waals surface area contributed by atoms with Crippen LogP contribution in [0, 0.1) is 0 Å². The predicted molar refractivity (Wildman–Crippen MR) is 122 cm³/mol. The number of benzene rings is 1. The molecule has 2 fully saturated rings. The standard InChI is InChI=1S/C23H30N2O7S/c1-4-5-12-32-14-8-6-13(7-9-14)15(21(28)29)10-11-16(26)24-17-19(27)25-18(22(30)31)23(2,3)33-20(17)25/h6-9,15,17-18,20H,4-5,10-12H2,1-3H3,(H,24,26)(H,28,29)(H,30,31)/t15-,17+,18-,20+/m0/s1. The van der Waals surface area contributed by atoms with Crippen molar-refractivity contribution in [3.05, 3.63) is 29.8 Å². The molecule has 9 nitrogen and oxygen atoms in total. The number of amides is 2. The largest absolute Gasteiger partial charge is 0.494 e. The zero-order valence-electron chi connectivity index (χ0n) is 18.9. The molecule has 2 heterocycles. The van der Waals surface area contributed by atoms with Crippen LogP contribution in [0.3, 0.4) is 0 Å². The molecule has 10 heteroatoms. The van der Waals surface area contributed by atoms with E-state index in [1.165, 1.54) is 16.7 Å². The number of ether oxygens (including phenoxy) is 1. The molecule has 0 bridgehead atoms. The summed E-state index contributed by atoms with van der Waals surface area (Å²) in [5, 5.41) is 21.3. The molecule has 3 rings (SSSR count). The minimum absolute atomic E-state index is 0.0708. The summed E-state index contributed by atoms with van der Waals surface area (Å²) in [6.07, 6.45) is 1.95. The van der Waals surface area contributed by atoms with Gasteiger partial charge in [-0.05, 0) is 44.4 Å². The fraction of sp³-hybridized carbons (Fsp3) is 0.565. The third-order valence-corrected chi connectivity index (χ3v) is 7.57. The van der Waals surface area contributed by atoms with E-state index in [2.05, 4.69) is 12.2 Å². The summed E-state index contributed by atoms with van der Waals surface area (Å²) in [4.78, 5) is 49.7. The molecule has 2 aliphatic rings. The first-order valence-electron chi connectivity index (χ1n) is 11.0. The summed E-state index contributed by atoms with van der Waals surface area (Å²) >= 11 is 1.35. The van der Waals surface area contributed by atoms with Gasteiger partial charge in [0, 0.05) is 11.2 Å². The lowest BCUT2D eigenvalue weighted by Crippen LogP contribution is -2.70. The molecule has 0 spiro atoms. The number of rotatable bonds is 11. The maximum absolute atomic E-state index is 12.5. The Morgan fingerprint density at radius 3 is 2.45 bits per heavy atom. The van der Waals surface area contributed by atoms with E-state index in [1.54, 1.807) is 38.1 Å². The summed E-state index contributed by atoms with van der Waals surface area (Å²) in [7, 11) is 0. The van der Waals surface area contributed by atoms with Crippen molar-refractivity contribution in [3.63, 3.8) is 0 Å². The van der Waals surface area contributed by atoms with Crippen molar-refractivity contribution in [2.24, 2.45) is 0 Å². The molecule has 0 radical (unpaired) electrons. The second-order valence-electron chi connectivity index (χ2n) is 8.84. The summed E-state index contributed by atoms with van der Waals surface area (Å²) in [5.74, 6) is -3.17. The van der Waals surface area contributed by atoms with Gasteiger partial charge in [-0.25, -0.2) is 4.79 Å². The second-order valence-corrected chi connectivity index (χ2v) is 10.6. The van der Waals surface area contributed by atoms with Crippen molar-refractivity contribution in [3.8, 4) is 5.75 Å². The molecule has 0 unspecified atom stereocenters. The zero-order chi connectivity index (χ0) is 24.3. The summed E-state index contributed by atoms with van der Waals surface area (Å²) in [6.45, 7) is 6.19. The molecule has 0 aromatic heterocycles. The highest BCUT2D eigenvalue weighted by molar-refractivity contribution is 8.01. The Bertz CT molecular complexity index is 918. The number of carbonyl (C=O) groups is 4. The quantitative estimate of drug-likeness (QED) is 0.326. The van der Waals surface area contributed by atoms with Crippen LogP contribution in [-0.2, 0) is 19.2 Å². The van der Waals surface area contributed by atoms with Gasteiger partial charge in [0.25, 0.3) is 0 Å². The van der Waals surface area contributed by atoms with E-state index in [9.17, 15) is 29.4 Å². The predicted octanol–water partition coefficient (Wildman–Crippen LogP) is 2.45. The highest BCUT2D eigenvalue weighted by Gasteiger charge is 2.64. The number of carboxylic acids is 2. The van der Waals surface area contributed by atoms with Crippen molar-refractivity contribution >= 4 is 35.5 Å². The molecule has 2 aliphatic heterocycles. The average molecular weight is 479 g/mol. The Balaban J connectivity index is 1.55. The molecule has 33 heavy (non-hydrogen) atoms. The number of carbonyl (C=O) groups excluding carboxylic acids is 2. The van der Waals surface area contributed by atoms with Crippen LogP contribution in [0.2, 0.25) is 0 Å². The normalized spacial score (nSPS) is 23.9. The van der Waals surface area contributed by atoms with Gasteiger partial charge in [0.2, 0.25) is 11.8 Å². The number of fused-ring (bicyclic) bond motifs is 1. The first-order chi connectivity index (χ1) is 15.6. The number of hydrogen-bond acceptors (Lipinski definition) is 6. The van der Waals surface area contributed by atoms with Crippen molar-refractivity contribution in [2.45, 2.75) is 74.6 Å². The Kier molecular flexibility index (Phi) is 7.56. The van der Waals surface area contributed by atoms with Gasteiger partial charge in [-0.1, -0.05) is 25.5 Å². The molecule has 0 aliphatic carbocycles. The highest BCUT2D eigenvalue weighted by atomic mass is 32.2. The van der Waals surface area contributed by atoms with Gasteiger partial charge >= 0.3 is 11.9 Å². The minimum Gasteiger partial charge on any atom is -0.494 e. The smallest absolute Gasteiger partial charge is 0.327 e. The van der Waals surface area contributed by atoms with E-state index in [-0.39, 0.29) is 12.8 Å². The first-order valence-corrected chi connectivity index (χ1v) is 11.9. The van der Waals surface area contributed by atoms with E-state index < -0.39 is 51.9 Å². The van der Waals surface area contributed by atoms with Crippen LogP contribution in [0.25, 0.3) is 0 Å². The Morgan fingerprint density at radius 1 is 1.21 bits per heavy atom. The average Bonchev–Trinajstić information content (AvgIpc) is 3.01. The van der Waals surface area contributed by atoms with E-state index >= 15 is 0 Å². The topological polar surface area (TPSA) is 133 Å². The third kappa shape index (κ3) is 5.26. The summed E-state index contributed by atoms with van der Waals surface area (Å²) in [6, 6.07) is 5.08. The number of thioether (sulfide) groups is 1. The molecule has 1 aromatic rings. The molecule has 2 amide bonds. The van der Waals surface area contributed by atoms with Crippen LogP contribution in [0.15, 0.2) is 24.3 Å². The Labute approximate surface area is 196 Å². The monoisotopic (exact) mass is 478 g/mol. The number of unbranched alkanes of at least 4 members (excludes halogenated alkanes) is 1. The molecule has 2 saturated heterocycles. The first kappa shape index (κ1) is 24.9. The van der Waals surface area contributed by atoms with E-state index in [0.717, 1.165) is 12.8 Å². The van der Waals surface area contributed by atoms with E-state index in [1.807, 2.05) is 0 Å². The number of nitrogens with zero attached hydrogens (tertiary/aromatic N) is 1. The lowest BCUT2D eigenvalue weighted by molar-refractivity contribution is -0.161. The fourth-order valence-corrected chi connectivity index (χ4v) is 5.86. The molecule has 0 saturated carbocycles. The maximum Gasteiger partial charge on any atom is 0.327 e. The number of hydrogen-bond donors (Lipinski definition) is 3. The Hall–Kier alpha value is -2.75. The molecule has 3 N–H and O–H groups in total. The van der Waals surface area contributed by atoms with Gasteiger partial charge in [0.15, 0.2) is 0 Å². The number of β-lactam (4-membered cyclic amide) rings is 1. The van der Waals surface area contributed by atoms with Crippen molar-refractivity contribution in [1.29, 1.82) is 0 Å². The molecular weight excluding hydrogens is 448 g/mol. The van der Waals surface area contributed by atoms with Crippen LogP contribution in [0.1, 0.15) is 57.9 Å². The van der Waals surface area contributed by atoms with Crippen LogP contribution in [-0.4, -0.2) is 67.7 Å². The number of nitrogens with one attached hydrogen (secondary N) is 1. The van der Waals surface area contributed by atoms with Gasteiger partial charge < -0.3 is 25.2 Å². The molecular formula is C23H30N2O7S. The van der Waals surface area contributed by atoms with Crippen molar-refractivity contribution in [2.75, 3.05) is 6.61 Å². The summed E-state index contributed by atoms with van der Waals surface area (Å²) in [5.41, 5.74) is 0.571. The number of carboxylic acid groups (broad SMARTS) is 2. The zero-order valence-corrected chi connectivity index (χ0v) is 19.8. The van der Waals surface area contributed by atoms with Gasteiger partial charge in [-0.3, -0.25) is 14.4 Å². The van der Waals surface area contributed by atoms with Gasteiger partial charge in [-0.2, -0.15) is 0 Å². The lowest BCUT2D eigenvalue weighted by atomic mass is 9.93. The second kappa shape index (κ2) is 10.0. The van der Waals surface area contributed by atoms with Gasteiger partial charge in [0.1, 0.15) is 23.2 Å². The lowest BCUT2D eigenvalue weighted by Gasteiger charge is -2.43. The summed E-state index contributed by atoms with van der Waals surface area (Å²) < 4.78 is 4.92. The van der Waals surface area contributed by atoms with Crippen molar-refractivity contribution < 1.29 is 34.1 Å². The molecule has 4 atom stereocenters. The maximum atomic E-state index is 12.5.